The first kappa shape index (κ1) is 25.0. The van der Waals surface area contributed by atoms with E-state index in [1.807, 2.05) is 42.5 Å². The normalized spacial score (nSPS) is 20.1. The minimum atomic E-state index is -0.598. The predicted octanol–water partition coefficient (Wildman–Crippen LogP) is 3.53. The molecule has 4 unspecified atom stereocenters. The first-order valence-corrected chi connectivity index (χ1v) is 11.6. The van der Waals surface area contributed by atoms with Crippen LogP contribution >= 0.6 is 0 Å². The van der Waals surface area contributed by atoms with Crippen LogP contribution in [0.5, 0.6) is 11.5 Å². The first-order chi connectivity index (χ1) is 16.0. The number of hydrogen-bond acceptors (Lipinski definition) is 7. The lowest BCUT2D eigenvalue weighted by atomic mass is 9.94. The summed E-state index contributed by atoms with van der Waals surface area (Å²) < 4.78 is 16.5. The summed E-state index contributed by atoms with van der Waals surface area (Å²) in [5.74, 6) is 0.223. The summed E-state index contributed by atoms with van der Waals surface area (Å²) in [4.78, 5) is 12.8. The Hall–Kier alpha value is -2.61. The molecular weight excluding hydrogens is 422 g/mol. The fraction of sp³-hybridized carbons (Fsp3) is 0.500. The zero-order valence-electron chi connectivity index (χ0n) is 19.4. The Morgan fingerprint density at radius 1 is 1.24 bits per heavy atom. The molecular formula is C26H35NO6. The van der Waals surface area contributed by atoms with Crippen molar-refractivity contribution in [3.05, 3.63) is 59.7 Å². The summed E-state index contributed by atoms with van der Waals surface area (Å²) in [5, 5.41) is 23.5. The van der Waals surface area contributed by atoms with Crippen LogP contribution in [0.1, 0.15) is 49.8 Å². The van der Waals surface area contributed by atoms with Gasteiger partial charge in [-0.05, 0) is 62.3 Å². The summed E-state index contributed by atoms with van der Waals surface area (Å²) in [5.41, 5.74) is 1.87. The van der Waals surface area contributed by atoms with E-state index in [-0.39, 0.29) is 30.0 Å². The number of esters is 1. The maximum absolute atomic E-state index is 12.8. The number of rotatable bonds is 11. The van der Waals surface area contributed by atoms with Crippen LogP contribution in [0.3, 0.4) is 0 Å². The van der Waals surface area contributed by atoms with E-state index in [0.717, 1.165) is 17.5 Å². The number of ether oxygens (including phenoxy) is 3. The van der Waals surface area contributed by atoms with Gasteiger partial charge < -0.3 is 24.4 Å². The second kappa shape index (κ2) is 12.6. The van der Waals surface area contributed by atoms with Gasteiger partial charge in [-0.2, -0.15) is 0 Å². The Bertz CT molecular complexity index is 874. The number of methoxy groups -OCH3 is 1. The highest BCUT2D eigenvalue weighted by atomic mass is 16.5. The molecule has 3 N–H and O–H groups in total. The lowest BCUT2D eigenvalue weighted by Crippen LogP contribution is -2.42. The highest BCUT2D eigenvalue weighted by Crippen LogP contribution is 2.28. The summed E-state index contributed by atoms with van der Waals surface area (Å²) in [6, 6.07) is 14.2. The molecule has 4 atom stereocenters. The van der Waals surface area contributed by atoms with Crippen LogP contribution in [0, 0.1) is 0 Å². The second-order valence-corrected chi connectivity index (χ2v) is 8.41. The largest absolute Gasteiger partial charge is 0.504 e. The summed E-state index contributed by atoms with van der Waals surface area (Å²) in [6.07, 6.45) is 2.90. The van der Waals surface area contributed by atoms with E-state index in [1.165, 1.54) is 7.11 Å². The fourth-order valence-electron chi connectivity index (χ4n) is 4.24. The van der Waals surface area contributed by atoms with E-state index >= 15 is 0 Å². The van der Waals surface area contributed by atoms with Gasteiger partial charge in [-0.25, -0.2) is 4.79 Å². The summed E-state index contributed by atoms with van der Waals surface area (Å²) in [6.45, 7) is 2.64. The van der Waals surface area contributed by atoms with Gasteiger partial charge in [0.25, 0.3) is 0 Å². The number of carbonyl (C=O) groups is 1. The molecule has 0 bridgehead atoms. The van der Waals surface area contributed by atoms with Gasteiger partial charge in [0, 0.05) is 12.6 Å². The molecule has 33 heavy (non-hydrogen) atoms. The number of nitrogens with one attached hydrogen (secondary N) is 1. The third-order valence-corrected chi connectivity index (χ3v) is 5.97. The van der Waals surface area contributed by atoms with E-state index in [0.29, 0.717) is 44.6 Å². The molecule has 0 aromatic heterocycles. The smallest absolute Gasteiger partial charge is 0.327 e. The Morgan fingerprint density at radius 3 is 2.73 bits per heavy atom. The zero-order chi connectivity index (χ0) is 23.6. The SMILES string of the molecule is CCOC(=O)C(NC(CCc1ccc(O)c(OC)c1)CC1CC(O)CCO1)c1ccccc1. The summed E-state index contributed by atoms with van der Waals surface area (Å²) >= 11 is 0. The number of carbonyl (C=O) groups excluding carboxylic acids is 1. The maximum Gasteiger partial charge on any atom is 0.327 e. The van der Waals surface area contributed by atoms with Gasteiger partial charge in [-0.15, -0.1) is 0 Å². The summed E-state index contributed by atoms with van der Waals surface area (Å²) in [7, 11) is 1.53. The van der Waals surface area contributed by atoms with Crippen LogP contribution in [-0.2, 0) is 20.7 Å². The van der Waals surface area contributed by atoms with E-state index in [9.17, 15) is 15.0 Å². The van der Waals surface area contributed by atoms with Gasteiger partial charge in [0.1, 0.15) is 6.04 Å². The average Bonchev–Trinajstić information content (AvgIpc) is 2.82. The quantitative estimate of drug-likeness (QED) is 0.444. The topological polar surface area (TPSA) is 97.3 Å². The van der Waals surface area contributed by atoms with Gasteiger partial charge >= 0.3 is 5.97 Å². The molecule has 1 aliphatic rings. The molecule has 2 aromatic rings. The van der Waals surface area contributed by atoms with Crippen molar-refractivity contribution in [2.75, 3.05) is 20.3 Å². The molecule has 1 fully saturated rings. The van der Waals surface area contributed by atoms with Crippen molar-refractivity contribution < 1.29 is 29.2 Å². The van der Waals surface area contributed by atoms with Gasteiger partial charge in [-0.3, -0.25) is 5.32 Å². The third kappa shape index (κ3) is 7.45. The first-order valence-electron chi connectivity index (χ1n) is 11.6. The number of benzene rings is 2. The van der Waals surface area contributed by atoms with Crippen LogP contribution in [0.2, 0.25) is 0 Å². The van der Waals surface area contributed by atoms with E-state index in [2.05, 4.69) is 5.32 Å². The van der Waals surface area contributed by atoms with Crippen molar-refractivity contribution in [3.8, 4) is 11.5 Å². The van der Waals surface area contributed by atoms with Crippen LogP contribution in [0.4, 0.5) is 0 Å². The lowest BCUT2D eigenvalue weighted by Gasteiger charge is -2.32. The van der Waals surface area contributed by atoms with Crippen LogP contribution in [0.15, 0.2) is 48.5 Å². The van der Waals surface area contributed by atoms with Crippen molar-refractivity contribution in [1.29, 1.82) is 0 Å². The van der Waals surface area contributed by atoms with Crippen LogP contribution < -0.4 is 10.1 Å². The number of aliphatic hydroxyl groups excluding tert-OH is 1. The molecule has 0 amide bonds. The van der Waals surface area contributed by atoms with E-state index in [1.54, 1.807) is 13.0 Å². The van der Waals surface area contributed by atoms with Crippen molar-refractivity contribution >= 4 is 5.97 Å². The minimum Gasteiger partial charge on any atom is -0.504 e. The Morgan fingerprint density at radius 2 is 2.03 bits per heavy atom. The lowest BCUT2D eigenvalue weighted by molar-refractivity contribution is -0.146. The predicted molar refractivity (Wildman–Crippen MR) is 125 cm³/mol. The van der Waals surface area contributed by atoms with Crippen molar-refractivity contribution in [2.45, 2.75) is 63.3 Å². The molecule has 0 saturated carbocycles. The van der Waals surface area contributed by atoms with Gasteiger partial charge in [0.05, 0.1) is 25.9 Å². The second-order valence-electron chi connectivity index (χ2n) is 8.41. The molecule has 1 aliphatic heterocycles. The van der Waals surface area contributed by atoms with Crippen LogP contribution in [-0.4, -0.2) is 54.8 Å². The number of aliphatic hydroxyl groups is 1. The average molecular weight is 458 g/mol. The highest BCUT2D eigenvalue weighted by Gasteiger charge is 2.29. The maximum atomic E-state index is 12.8. The van der Waals surface area contributed by atoms with Crippen molar-refractivity contribution in [2.24, 2.45) is 0 Å². The van der Waals surface area contributed by atoms with Gasteiger partial charge in [0.15, 0.2) is 11.5 Å². The number of aryl methyl sites for hydroxylation is 1. The third-order valence-electron chi connectivity index (χ3n) is 5.97. The fourth-order valence-corrected chi connectivity index (χ4v) is 4.24. The van der Waals surface area contributed by atoms with E-state index < -0.39 is 6.04 Å². The number of phenolic OH excluding ortho intramolecular Hbond substituents is 1. The Labute approximate surface area is 195 Å². The standard InChI is InChI=1S/C26H35NO6/c1-3-32-26(30)25(19-7-5-4-6-8-19)27-20(16-22-17-21(28)13-14-33-22)11-9-18-10-12-23(29)24(15-18)31-2/h4-8,10,12,15,20-22,25,27-29H,3,9,11,13-14,16-17H2,1-2H3. The zero-order valence-corrected chi connectivity index (χ0v) is 19.4. The molecule has 0 spiro atoms. The van der Waals surface area contributed by atoms with Crippen molar-refractivity contribution in [1.82, 2.24) is 5.32 Å². The Kier molecular flexibility index (Phi) is 9.54. The number of hydrogen-bond donors (Lipinski definition) is 3. The number of phenols is 1. The molecule has 0 aliphatic carbocycles. The molecule has 1 heterocycles. The molecule has 2 aromatic carbocycles. The number of aromatic hydroxyl groups is 1. The molecule has 0 radical (unpaired) electrons. The van der Waals surface area contributed by atoms with Gasteiger partial charge in [0.2, 0.25) is 0 Å². The van der Waals surface area contributed by atoms with Crippen LogP contribution in [0.25, 0.3) is 0 Å². The highest BCUT2D eigenvalue weighted by molar-refractivity contribution is 5.77. The molecule has 1 saturated heterocycles. The Balaban J connectivity index is 1.77. The van der Waals surface area contributed by atoms with E-state index in [4.69, 9.17) is 14.2 Å². The monoisotopic (exact) mass is 457 g/mol. The molecule has 3 rings (SSSR count). The molecule has 180 valence electrons. The minimum absolute atomic E-state index is 0.0605. The molecule has 7 heteroatoms. The molecule has 7 nitrogen and oxygen atoms in total. The van der Waals surface area contributed by atoms with Gasteiger partial charge in [-0.1, -0.05) is 36.4 Å². The van der Waals surface area contributed by atoms with Crippen molar-refractivity contribution in [3.63, 3.8) is 0 Å².